The largest absolute Gasteiger partial charge is 0.480 e. The second-order valence-electron chi connectivity index (χ2n) is 3.61. The molecule has 0 aromatic heterocycles. The zero-order chi connectivity index (χ0) is 11.8. The lowest BCUT2D eigenvalue weighted by atomic mass is 10.1. The fourth-order valence-corrected chi connectivity index (χ4v) is 1.45. The standard InChI is InChI=1S/C11H18N2O3/c12-7-3-1-5-9(11(14)15)13-10-6-2-4-8-16-10/h2,4,6,8-10,13H,1,3,5,7,12H2,(H,14,15)/t9-,10?/m0/s1. The number of hydrogen-bond acceptors (Lipinski definition) is 4. The topological polar surface area (TPSA) is 84.6 Å². The van der Waals surface area contributed by atoms with Gasteiger partial charge in [0.2, 0.25) is 0 Å². The number of allylic oxidation sites excluding steroid dienone is 2. The summed E-state index contributed by atoms with van der Waals surface area (Å²) >= 11 is 0. The van der Waals surface area contributed by atoms with Crippen LogP contribution in [-0.2, 0) is 9.53 Å². The molecule has 1 rings (SSSR count). The summed E-state index contributed by atoms with van der Waals surface area (Å²) in [6, 6.07) is -0.590. The molecule has 0 aliphatic carbocycles. The molecular weight excluding hydrogens is 208 g/mol. The summed E-state index contributed by atoms with van der Waals surface area (Å²) in [6.07, 6.45) is 8.73. The highest BCUT2D eigenvalue weighted by Gasteiger charge is 2.20. The number of hydrogen-bond donors (Lipinski definition) is 3. The molecule has 1 aliphatic rings. The van der Waals surface area contributed by atoms with Crippen molar-refractivity contribution in [3.05, 3.63) is 24.5 Å². The van der Waals surface area contributed by atoms with Crippen LogP contribution < -0.4 is 11.1 Å². The van der Waals surface area contributed by atoms with Gasteiger partial charge in [-0.3, -0.25) is 10.1 Å². The molecule has 0 radical (unpaired) electrons. The van der Waals surface area contributed by atoms with Crippen LogP contribution in [-0.4, -0.2) is 29.9 Å². The van der Waals surface area contributed by atoms with Crippen molar-refractivity contribution in [2.45, 2.75) is 31.5 Å². The van der Waals surface area contributed by atoms with Crippen LogP contribution in [0.1, 0.15) is 19.3 Å². The molecule has 4 N–H and O–H groups in total. The number of nitrogens with one attached hydrogen (secondary N) is 1. The maximum atomic E-state index is 11.0. The van der Waals surface area contributed by atoms with Crippen LogP contribution in [0.5, 0.6) is 0 Å². The Morgan fingerprint density at radius 1 is 1.50 bits per heavy atom. The first-order valence-electron chi connectivity index (χ1n) is 5.41. The fraction of sp³-hybridized carbons (Fsp3) is 0.545. The van der Waals surface area contributed by atoms with Gasteiger partial charge in [0.05, 0.1) is 6.26 Å². The summed E-state index contributed by atoms with van der Waals surface area (Å²) in [6.45, 7) is 0.592. The first-order chi connectivity index (χ1) is 7.74. The number of rotatable bonds is 7. The number of carbonyl (C=O) groups is 1. The van der Waals surface area contributed by atoms with Gasteiger partial charge in [-0.2, -0.15) is 0 Å². The molecule has 0 aromatic rings. The zero-order valence-electron chi connectivity index (χ0n) is 9.13. The Morgan fingerprint density at radius 2 is 2.31 bits per heavy atom. The molecule has 0 saturated carbocycles. The summed E-state index contributed by atoms with van der Waals surface area (Å²) in [5.41, 5.74) is 5.36. The Hall–Kier alpha value is -1.33. The third kappa shape index (κ3) is 4.46. The summed E-state index contributed by atoms with van der Waals surface area (Å²) in [4.78, 5) is 11.0. The van der Waals surface area contributed by atoms with Gasteiger partial charge in [-0.15, -0.1) is 0 Å². The fourth-order valence-electron chi connectivity index (χ4n) is 1.45. The minimum absolute atomic E-state index is 0.357. The van der Waals surface area contributed by atoms with Crippen molar-refractivity contribution in [2.24, 2.45) is 5.73 Å². The van der Waals surface area contributed by atoms with E-state index < -0.39 is 12.0 Å². The quantitative estimate of drug-likeness (QED) is 0.553. The van der Waals surface area contributed by atoms with Crippen molar-refractivity contribution in [3.8, 4) is 0 Å². The molecule has 1 unspecified atom stereocenters. The Bertz CT molecular complexity index is 276. The second-order valence-corrected chi connectivity index (χ2v) is 3.61. The minimum atomic E-state index is -0.858. The molecule has 0 bridgehead atoms. The van der Waals surface area contributed by atoms with E-state index in [4.69, 9.17) is 15.6 Å². The predicted octanol–water partition coefficient (Wildman–Crippen LogP) is 0.584. The van der Waals surface area contributed by atoms with Crippen LogP contribution in [0.4, 0.5) is 0 Å². The maximum Gasteiger partial charge on any atom is 0.320 e. The molecule has 5 nitrogen and oxygen atoms in total. The molecule has 1 aliphatic heterocycles. The monoisotopic (exact) mass is 226 g/mol. The first kappa shape index (κ1) is 12.7. The Labute approximate surface area is 95.0 Å². The maximum absolute atomic E-state index is 11.0. The van der Waals surface area contributed by atoms with E-state index >= 15 is 0 Å². The van der Waals surface area contributed by atoms with Crippen molar-refractivity contribution in [1.82, 2.24) is 5.32 Å². The first-order valence-corrected chi connectivity index (χ1v) is 5.41. The Balaban J connectivity index is 2.35. The summed E-state index contributed by atoms with van der Waals surface area (Å²) in [7, 11) is 0. The van der Waals surface area contributed by atoms with Crippen LogP contribution >= 0.6 is 0 Å². The summed E-state index contributed by atoms with van der Waals surface area (Å²) < 4.78 is 5.20. The average molecular weight is 226 g/mol. The molecule has 0 spiro atoms. The second kappa shape index (κ2) is 7.03. The Kier molecular flexibility index (Phi) is 5.60. The van der Waals surface area contributed by atoms with Gasteiger partial charge in [0.1, 0.15) is 6.04 Å². The van der Waals surface area contributed by atoms with Crippen molar-refractivity contribution < 1.29 is 14.6 Å². The van der Waals surface area contributed by atoms with Gasteiger partial charge in [-0.1, -0.05) is 12.5 Å². The SMILES string of the molecule is NCCCC[C@H](NC1C=CC=CO1)C(=O)O. The number of ether oxygens (including phenoxy) is 1. The number of unbranched alkanes of at least 4 members (excludes halogenated alkanes) is 1. The van der Waals surface area contributed by atoms with Gasteiger partial charge < -0.3 is 15.6 Å². The lowest BCUT2D eigenvalue weighted by Crippen LogP contribution is -2.43. The van der Waals surface area contributed by atoms with Crippen molar-refractivity contribution in [2.75, 3.05) is 6.54 Å². The van der Waals surface area contributed by atoms with Gasteiger partial charge in [0, 0.05) is 0 Å². The highest BCUT2D eigenvalue weighted by atomic mass is 16.5. The minimum Gasteiger partial charge on any atom is -0.480 e. The van der Waals surface area contributed by atoms with E-state index in [0.717, 1.165) is 12.8 Å². The van der Waals surface area contributed by atoms with Crippen LogP contribution in [0.3, 0.4) is 0 Å². The van der Waals surface area contributed by atoms with Crippen LogP contribution in [0.15, 0.2) is 24.5 Å². The number of carboxylic acid groups (broad SMARTS) is 1. The zero-order valence-corrected chi connectivity index (χ0v) is 9.13. The third-order valence-corrected chi connectivity index (χ3v) is 2.31. The lowest BCUT2D eigenvalue weighted by Gasteiger charge is -2.21. The molecule has 16 heavy (non-hydrogen) atoms. The van der Waals surface area contributed by atoms with Gasteiger partial charge in [0.15, 0.2) is 6.23 Å². The lowest BCUT2D eigenvalue weighted by molar-refractivity contribution is -0.140. The van der Waals surface area contributed by atoms with Crippen molar-refractivity contribution >= 4 is 5.97 Å². The van der Waals surface area contributed by atoms with Gasteiger partial charge in [-0.25, -0.2) is 0 Å². The van der Waals surface area contributed by atoms with E-state index in [0.29, 0.717) is 13.0 Å². The highest BCUT2D eigenvalue weighted by molar-refractivity contribution is 5.73. The Morgan fingerprint density at radius 3 is 2.88 bits per heavy atom. The molecular formula is C11H18N2O3. The van der Waals surface area contributed by atoms with E-state index in [-0.39, 0.29) is 6.23 Å². The molecule has 0 fully saturated rings. The summed E-state index contributed by atoms with van der Waals surface area (Å²) in [5, 5.41) is 11.9. The van der Waals surface area contributed by atoms with E-state index in [1.165, 1.54) is 6.26 Å². The number of aliphatic carboxylic acids is 1. The third-order valence-electron chi connectivity index (χ3n) is 2.31. The van der Waals surface area contributed by atoms with Crippen molar-refractivity contribution in [3.63, 3.8) is 0 Å². The number of carboxylic acids is 1. The molecule has 0 aromatic carbocycles. The van der Waals surface area contributed by atoms with Crippen molar-refractivity contribution in [1.29, 1.82) is 0 Å². The smallest absolute Gasteiger partial charge is 0.320 e. The normalized spacial score (nSPS) is 20.4. The predicted molar refractivity (Wildman–Crippen MR) is 60.6 cm³/mol. The van der Waals surface area contributed by atoms with Crippen LogP contribution in [0.25, 0.3) is 0 Å². The molecule has 1 heterocycles. The highest BCUT2D eigenvalue weighted by Crippen LogP contribution is 2.05. The van der Waals surface area contributed by atoms with E-state index in [9.17, 15) is 4.79 Å². The average Bonchev–Trinajstić information content (AvgIpc) is 2.29. The molecule has 0 amide bonds. The van der Waals surface area contributed by atoms with Crippen LogP contribution in [0, 0.1) is 0 Å². The van der Waals surface area contributed by atoms with E-state index in [1.54, 1.807) is 12.2 Å². The van der Waals surface area contributed by atoms with Gasteiger partial charge in [0.25, 0.3) is 0 Å². The van der Waals surface area contributed by atoms with E-state index in [2.05, 4.69) is 5.32 Å². The van der Waals surface area contributed by atoms with Gasteiger partial charge >= 0.3 is 5.97 Å². The van der Waals surface area contributed by atoms with Crippen LogP contribution in [0.2, 0.25) is 0 Å². The van der Waals surface area contributed by atoms with E-state index in [1.807, 2.05) is 6.08 Å². The molecule has 5 heteroatoms. The molecule has 90 valence electrons. The summed E-state index contributed by atoms with van der Waals surface area (Å²) in [5.74, 6) is -0.858. The molecule has 0 saturated heterocycles. The molecule has 2 atom stereocenters. The number of nitrogens with two attached hydrogens (primary N) is 1. The van der Waals surface area contributed by atoms with Gasteiger partial charge in [-0.05, 0) is 31.5 Å².